The molecule has 0 saturated carbocycles. The summed E-state index contributed by atoms with van der Waals surface area (Å²) in [5.74, 6) is -5.03. The molecule has 0 aliphatic heterocycles. The van der Waals surface area contributed by atoms with E-state index in [1.807, 2.05) is 4.72 Å². The van der Waals surface area contributed by atoms with Crippen LogP contribution >= 0.6 is 0 Å². The Bertz CT molecular complexity index is 1620. The van der Waals surface area contributed by atoms with E-state index in [1.165, 1.54) is 42.5 Å². The summed E-state index contributed by atoms with van der Waals surface area (Å²) in [4.78, 5) is 12.4. The first-order valence-electron chi connectivity index (χ1n) is 11.4. The van der Waals surface area contributed by atoms with Gasteiger partial charge in [0.05, 0.1) is 22.8 Å². The minimum Gasteiger partial charge on any atom is -0.484 e. The second-order valence-electron chi connectivity index (χ2n) is 8.54. The van der Waals surface area contributed by atoms with Gasteiger partial charge in [-0.1, -0.05) is 18.2 Å². The van der Waals surface area contributed by atoms with Crippen LogP contribution in [0.4, 0.5) is 30.4 Å². The van der Waals surface area contributed by atoms with Crippen molar-refractivity contribution < 1.29 is 31.1 Å². The Morgan fingerprint density at radius 1 is 1.15 bits per heavy atom. The molecule has 4 aromatic rings. The molecule has 0 bridgehead atoms. The van der Waals surface area contributed by atoms with Gasteiger partial charge in [-0.15, -0.1) is 0 Å². The lowest BCUT2D eigenvalue weighted by Crippen LogP contribution is -2.21. The number of nitrogens with two attached hydrogens (primary N) is 1. The highest BCUT2D eigenvalue weighted by Crippen LogP contribution is 2.37. The number of primary amides is 1. The van der Waals surface area contributed by atoms with Crippen LogP contribution in [0.15, 0.2) is 48.7 Å². The summed E-state index contributed by atoms with van der Waals surface area (Å²) < 4.78 is 72.6. The highest BCUT2D eigenvalue weighted by Gasteiger charge is 2.27. The number of hydrogen-bond donors (Lipinski definition) is 4. The Morgan fingerprint density at radius 3 is 2.44 bits per heavy atom. The number of amides is 1. The second kappa shape index (κ2) is 10.7. The molecule has 5 N–H and O–H groups in total. The van der Waals surface area contributed by atoms with Crippen LogP contribution in [-0.4, -0.2) is 40.1 Å². The maximum Gasteiger partial charge on any atom is 0.355 e. The van der Waals surface area contributed by atoms with Crippen LogP contribution in [0.5, 0.6) is 5.75 Å². The number of nitrogens with one attached hydrogen (secondary N) is 3. The van der Waals surface area contributed by atoms with Crippen molar-refractivity contribution in [3.63, 3.8) is 0 Å². The van der Waals surface area contributed by atoms with Gasteiger partial charge in [0.25, 0.3) is 15.9 Å². The van der Waals surface area contributed by atoms with E-state index in [0.29, 0.717) is 16.9 Å². The Kier molecular flexibility index (Phi) is 7.53. The zero-order valence-corrected chi connectivity index (χ0v) is 21.7. The summed E-state index contributed by atoms with van der Waals surface area (Å²) in [6.45, 7) is 3.36. The Morgan fingerprint density at radius 2 is 1.85 bits per heavy atom. The van der Waals surface area contributed by atoms with Crippen molar-refractivity contribution in [2.75, 3.05) is 10.0 Å². The minimum atomic E-state index is -5.04. The second-order valence-corrected chi connectivity index (χ2v) is 10.2. The summed E-state index contributed by atoms with van der Waals surface area (Å²) >= 11 is 0. The molecule has 0 spiro atoms. The normalized spacial score (nSPS) is 12.4. The summed E-state index contributed by atoms with van der Waals surface area (Å²) in [6.07, 6.45) is 0.931. The summed E-state index contributed by atoms with van der Waals surface area (Å²) in [5.41, 5.74) is 7.54. The number of aryl methyl sites for hydroxylation is 2. The number of anilines is 3. The zero-order valence-electron chi connectivity index (χ0n) is 20.9. The van der Waals surface area contributed by atoms with Crippen molar-refractivity contribution >= 4 is 33.1 Å². The van der Waals surface area contributed by atoms with Crippen LogP contribution < -0.4 is 20.5 Å². The van der Waals surface area contributed by atoms with Crippen LogP contribution in [0.3, 0.4) is 0 Å². The molecule has 4 rings (SSSR count). The molecule has 0 saturated heterocycles. The number of rotatable bonds is 10. The van der Waals surface area contributed by atoms with Crippen molar-refractivity contribution in [3.8, 4) is 17.0 Å². The largest absolute Gasteiger partial charge is 0.484 e. The molecule has 2 heterocycles. The first-order valence-corrected chi connectivity index (χ1v) is 12.9. The van der Waals surface area contributed by atoms with Crippen molar-refractivity contribution in [1.82, 2.24) is 20.0 Å². The lowest BCUT2D eigenvalue weighted by atomic mass is 10.1. The van der Waals surface area contributed by atoms with Gasteiger partial charge in [0.2, 0.25) is 0 Å². The number of ether oxygens (including phenoxy) is 1. The molecule has 0 aliphatic rings. The van der Waals surface area contributed by atoms with Gasteiger partial charge < -0.3 is 15.8 Å². The molecule has 2 aromatic heterocycles. The van der Waals surface area contributed by atoms with Crippen LogP contribution in [0.2, 0.25) is 0 Å². The number of benzene rings is 2. The number of nitrogens with zero attached hydrogens (tertiary/aromatic N) is 3. The average molecular weight is 564 g/mol. The molecular weight excluding hydrogens is 539 g/mol. The smallest absolute Gasteiger partial charge is 0.355 e. The molecule has 15 heteroatoms. The van der Waals surface area contributed by atoms with Gasteiger partial charge in [-0.2, -0.15) is 19.0 Å². The summed E-state index contributed by atoms with van der Waals surface area (Å²) in [7, 11) is -3.31. The van der Waals surface area contributed by atoms with Gasteiger partial charge in [0, 0.05) is 18.8 Å². The van der Waals surface area contributed by atoms with Crippen LogP contribution in [0.25, 0.3) is 11.3 Å². The molecule has 0 radical (unpaired) electrons. The number of carbonyl (C=O) groups is 1. The van der Waals surface area contributed by atoms with E-state index in [1.54, 1.807) is 31.8 Å². The Hall–Kier alpha value is -4.53. The fourth-order valence-electron chi connectivity index (χ4n) is 3.78. The lowest BCUT2D eigenvalue weighted by molar-refractivity contribution is 0.100. The van der Waals surface area contributed by atoms with Crippen molar-refractivity contribution in [1.29, 1.82) is 0 Å². The average Bonchev–Trinajstić information content (AvgIpc) is 3.42. The molecule has 2 aromatic carbocycles. The minimum absolute atomic E-state index is 0.0169. The number of carbonyl (C=O) groups excluding carboxylic acids is 1. The number of hydrogen-bond acceptors (Lipinski definition) is 7. The molecule has 39 heavy (non-hydrogen) atoms. The SMILES string of the molecule is Cc1nn(C)cc1Nc1n[nH]c(-c2ccc(NS(=O)(=O)C(F)F)c(O[C@@H](C)c3ccc(F)cc3)c2)c1C(N)=O. The van der Waals surface area contributed by atoms with E-state index in [4.69, 9.17) is 10.5 Å². The van der Waals surface area contributed by atoms with Crippen LogP contribution in [-0.2, 0) is 17.1 Å². The monoisotopic (exact) mass is 563 g/mol. The number of alkyl halides is 2. The standard InChI is InChI=1S/C24H24F3N7O4S/c1-12-18(11-34(3)32-12)29-23-20(22(28)35)21(30-31-23)15-6-9-17(33-39(36,37)24(26)27)19(10-15)38-13(2)14-4-7-16(25)8-5-14/h4-11,13,24,33H,1-3H3,(H2,28,35)(H2,29,30,31)/t13-/m0/s1. The van der Waals surface area contributed by atoms with E-state index in [9.17, 15) is 26.4 Å². The van der Waals surface area contributed by atoms with Crippen LogP contribution in [0.1, 0.15) is 34.6 Å². The predicted molar refractivity (Wildman–Crippen MR) is 138 cm³/mol. The number of sulfonamides is 1. The first-order chi connectivity index (χ1) is 18.4. The van der Waals surface area contributed by atoms with Crippen molar-refractivity contribution in [2.45, 2.75) is 25.7 Å². The maximum atomic E-state index is 13.4. The maximum absolute atomic E-state index is 13.4. The first kappa shape index (κ1) is 27.5. The molecule has 0 aliphatic carbocycles. The van der Waals surface area contributed by atoms with Gasteiger partial charge in [0.1, 0.15) is 23.2 Å². The molecular formula is C24H24F3N7O4S. The number of halogens is 3. The number of aromatic nitrogens is 4. The Balaban J connectivity index is 1.76. The fourth-order valence-corrected chi connectivity index (χ4v) is 4.35. The molecule has 11 nitrogen and oxygen atoms in total. The van der Waals surface area contributed by atoms with Crippen molar-refractivity contribution in [2.24, 2.45) is 12.8 Å². The number of H-pyrrole nitrogens is 1. The lowest BCUT2D eigenvalue weighted by Gasteiger charge is -2.19. The molecule has 1 amide bonds. The molecule has 0 unspecified atom stereocenters. The van der Waals surface area contributed by atoms with E-state index in [-0.39, 0.29) is 34.1 Å². The van der Waals surface area contributed by atoms with Crippen molar-refractivity contribution in [3.05, 3.63) is 71.3 Å². The predicted octanol–water partition coefficient (Wildman–Crippen LogP) is 4.20. The number of aromatic amines is 1. The van der Waals surface area contributed by atoms with E-state index < -0.39 is 33.6 Å². The zero-order chi connectivity index (χ0) is 28.5. The van der Waals surface area contributed by atoms with Gasteiger partial charge >= 0.3 is 5.76 Å². The molecule has 0 fully saturated rings. The Labute approximate surface area is 221 Å². The third kappa shape index (κ3) is 5.98. The quantitative estimate of drug-likeness (QED) is 0.225. The van der Waals surface area contributed by atoms with E-state index in [0.717, 1.165) is 0 Å². The van der Waals surface area contributed by atoms with Crippen LogP contribution in [0, 0.1) is 12.7 Å². The highest BCUT2D eigenvalue weighted by molar-refractivity contribution is 7.93. The third-order valence-corrected chi connectivity index (χ3v) is 6.65. The third-order valence-electron chi connectivity index (χ3n) is 5.68. The van der Waals surface area contributed by atoms with Gasteiger partial charge in [-0.3, -0.25) is 19.3 Å². The fraction of sp³-hybridized carbons (Fsp3) is 0.208. The van der Waals surface area contributed by atoms with Gasteiger partial charge in [-0.25, -0.2) is 12.8 Å². The van der Waals surface area contributed by atoms with E-state index in [2.05, 4.69) is 20.6 Å². The highest BCUT2D eigenvalue weighted by atomic mass is 32.2. The van der Waals surface area contributed by atoms with Gasteiger partial charge in [0.15, 0.2) is 5.82 Å². The molecule has 1 atom stereocenters. The summed E-state index contributed by atoms with van der Waals surface area (Å²) in [5, 5.41) is 14.1. The molecule has 206 valence electrons. The van der Waals surface area contributed by atoms with E-state index >= 15 is 0 Å². The van der Waals surface area contributed by atoms with Gasteiger partial charge in [-0.05, 0) is 43.7 Å². The topological polar surface area (TPSA) is 157 Å². The summed E-state index contributed by atoms with van der Waals surface area (Å²) in [6, 6.07) is 9.27.